The standard InChI is InChI=1S/C17H22N2O3/c1-3-8-14(4-2)22-17(21)16(19-15(20)11-12-18)13-9-6-5-7-10-13/h5-7,9-10,14,16H,3-4,8,11H2,1-2H3,(H,19,20). The van der Waals surface area contributed by atoms with Crippen LogP contribution in [-0.2, 0) is 14.3 Å². The molecule has 2 unspecified atom stereocenters. The molecule has 0 saturated heterocycles. The van der Waals surface area contributed by atoms with Gasteiger partial charge >= 0.3 is 5.97 Å². The van der Waals surface area contributed by atoms with Gasteiger partial charge in [0.25, 0.3) is 0 Å². The number of carbonyl (C=O) groups excluding carboxylic acids is 2. The van der Waals surface area contributed by atoms with Crippen LogP contribution in [0.2, 0.25) is 0 Å². The summed E-state index contributed by atoms with van der Waals surface area (Å²) in [6.45, 7) is 3.99. The van der Waals surface area contributed by atoms with Crippen molar-refractivity contribution in [3.05, 3.63) is 35.9 Å². The Morgan fingerprint density at radius 1 is 1.27 bits per heavy atom. The van der Waals surface area contributed by atoms with Crippen molar-refractivity contribution in [2.24, 2.45) is 0 Å². The fourth-order valence-corrected chi connectivity index (χ4v) is 2.11. The van der Waals surface area contributed by atoms with Crippen LogP contribution in [0.15, 0.2) is 30.3 Å². The van der Waals surface area contributed by atoms with Gasteiger partial charge in [0.2, 0.25) is 5.91 Å². The average Bonchev–Trinajstić information content (AvgIpc) is 2.53. The van der Waals surface area contributed by atoms with E-state index in [-0.39, 0.29) is 12.5 Å². The number of nitrogens with zero attached hydrogens (tertiary/aromatic N) is 1. The summed E-state index contributed by atoms with van der Waals surface area (Å²) in [5, 5.41) is 11.2. The molecule has 1 rings (SSSR count). The van der Waals surface area contributed by atoms with Gasteiger partial charge in [0.15, 0.2) is 6.04 Å². The molecule has 0 radical (unpaired) electrons. The number of ether oxygens (including phenoxy) is 1. The molecule has 5 heteroatoms. The van der Waals surface area contributed by atoms with Crippen molar-refractivity contribution in [2.45, 2.75) is 51.7 Å². The third kappa shape index (κ3) is 5.57. The summed E-state index contributed by atoms with van der Waals surface area (Å²) in [5.41, 5.74) is 0.644. The highest BCUT2D eigenvalue weighted by atomic mass is 16.5. The summed E-state index contributed by atoms with van der Waals surface area (Å²) < 4.78 is 5.50. The quantitative estimate of drug-likeness (QED) is 0.749. The van der Waals surface area contributed by atoms with Crippen molar-refractivity contribution in [3.8, 4) is 6.07 Å². The Morgan fingerprint density at radius 2 is 1.95 bits per heavy atom. The lowest BCUT2D eigenvalue weighted by atomic mass is 10.1. The number of nitriles is 1. The normalized spacial score (nSPS) is 12.8. The van der Waals surface area contributed by atoms with Crippen molar-refractivity contribution in [3.63, 3.8) is 0 Å². The lowest BCUT2D eigenvalue weighted by Crippen LogP contribution is -2.36. The van der Waals surface area contributed by atoms with Crippen molar-refractivity contribution >= 4 is 11.9 Å². The molecule has 2 atom stereocenters. The number of esters is 1. The highest BCUT2D eigenvalue weighted by molar-refractivity contribution is 5.86. The summed E-state index contributed by atoms with van der Waals surface area (Å²) in [7, 11) is 0. The number of nitrogens with one attached hydrogen (secondary N) is 1. The van der Waals surface area contributed by atoms with Crippen LogP contribution in [0, 0.1) is 11.3 Å². The molecule has 0 aliphatic rings. The van der Waals surface area contributed by atoms with E-state index in [9.17, 15) is 9.59 Å². The molecule has 0 fully saturated rings. The highest BCUT2D eigenvalue weighted by Crippen LogP contribution is 2.17. The monoisotopic (exact) mass is 302 g/mol. The van der Waals surface area contributed by atoms with Crippen LogP contribution in [0.5, 0.6) is 0 Å². The number of amides is 1. The Morgan fingerprint density at radius 3 is 2.50 bits per heavy atom. The van der Waals surface area contributed by atoms with E-state index in [2.05, 4.69) is 5.32 Å². The minimum atomic E-state index is -0.882. The third-order valence-electron chi connectivity index (χ3n) is 3.26. The molecule has 118 valence electrons. The maximum absolute atomic E-state index is 12.4. The molecule has 0 spiro atoms. The lowest BCUT2D eigenvalue weighted by molar-refractivity contribution is -0.153. The Hall–Kier alpha value is -2.35. The predicted molar refractivity (Wildman–Crippen MR) is 82.6 cm³/mol. The van der Waals surface area contributed by atoms with E-state index in [4.69, 9.17) is 10.00 Å². The molecule has 0 aliphatic heterocycles. The lowest BCUT2D eigenvalue weighted by Gasteiger charge is -2.21. The van der Waals surface area contributed by atoms with Crippen molar-refractivity contribution in [1.29, 1.82) is 5.26 Å². The van der Waals surface area contributed by atoms with Gasteiger partial charge in [-0.2, -0.15) is 5.26 Å². The van der Waals surface area contributed by atoms with Gasteiger partial charge in [0.1, 0.15) is 12.5 Å². The van der Waals surface area contributed by atoms with Crippen LogP contribution in [0.1, 0.15) is 51.1 Å². The van der Waals surface area contributed by atoms with E-state index in [0.717, 1.165) is 19.3 Å². The number of hydrogen-bond donors (Lipinski definition) is 1. The van der Waals surface area contributed by atoms with Crippen LogP contribution < -0.4 is 5.32 Å². The summed E-state index contributed by atoms with van der Waals surface area (Å²) >= 11 is 0. The van der Waals surface area contributed by atoms with Gasteiger partial charge in [-0.3, -0.25) is 4.79 Å². The number of carbonyl (C=O) groups is 2. The van der Waals surface area contributed by atoms with Gasteiger partial charge in [-0.1, -0.05) is 50.6 Å². The number of hydrogen-bond acceptors (Lipinski definition) is 4. The van der Waals surface area contributed by atoms with E-state index < -0.39 is 17.9 Å². The van der Waals surface area contributed by atoms with E-state index in [0.29, 0.717) is 5.56 Å². The molecule has 0 saturated carbocycles. The van der Waals surface area contributed by atoms with Crippen LogP contribution in [0.3, 0.4) is 0 Å². The molecule has 1 N–H and O–H groups in total. The van der Waals surface area contributed by atoms with Gasteiger partial charge in [-0.25, -0.2) is 4.79 Å². The molecule has 0 aromatic heterocycles. The van der Waals surface area contributed by atoms with Crippen molar-refractivity contribution < 1.29 is 14.3 Å². The van der Waals surface area contributed by atoms with Gasteiger partial charge < -0.3 is 10.1 Å². The molecule has 0 heterocycles. The zero-order valence-corrected chi connectivity index (χ0v) is 13.0. The number of benzene rings is 1. The molecule has 22 heavy (non-hydrogen) atoms. The molecule has 0 aliphatic carbocycles. The zero-order valence-electron chi connectivity index (χ0n) is 13.0. The topological polar surface area (TPSA) is 79.2 Å². The third-order valence-corrected chi connectivity index (χ3v) is 3.26. The van der Waals surface area contributed by atoms with E-state index >= 15 is 0 Å². The van der Waals surface area contributed by atoms with Gasteiger partial charge in [-0.05, 0) is 18.4 Å². The highest BCUT2D eigenvalue weighted by Gasteiger charge is 2.26. The number of rotatable bonds is 8. The van der Waals surface area contributed by atoms with E-state index in [1.807, 2.05) is 19.9 Å². The first-order valence-electron chi connectivity index (χ1n) is 7.54. The van der Waals surface area contributed by atoms with E-state index in [1.54, 1.807) is 30.3 Å². The largest absolute Gasteiger partial charge is 0.461 e. The van der Waals surface area contributed by atoms with Gasteiger partial charge in [0.05, 0.1) is 6.07 Å². The SMILES string of the molecule is CCCC(CC)OC(=O)C(NC(=O)CC#N)c1ccccc1. The maximum atomic E-state index is 12.4. The van der Waals surface area contributed by atoms with E-state index in [1.165, 1.54) is 0 Å². The zero-order chi connectivity index (χ0) is 16.4. The van der Waals surface area contributed by atoms with Gasteiger partial charge in [-0.15, -0.1) is 0 Å². The summed E-state index contributed by atoms with van der Waals surface area (Å²) in [6, 6.07) is 9.79. The Balaban J connectivity index is 2.87. The molecule has 0 bridgehead atoms. The van der Waals surface area contributed by atoms with Crippen LogP contribution in [0.4, 0.5) is 0 Å². The molecule has 1 aromatic rings. The first-order chi connectivity index (χ1) is 10.6. The minimum Gasteiger partial charge on any atom is -0.461 e. The summed E-state index contributed by atoms with van der Waals surface area (Å²) in [6.07, 6.45) is 1.99. The second-order valence-electron chi connectivity index (χ2n) is 5.00. The summed E-state index contributed by atoms with van der Waals surface area (Å²) in [4.78, 5) is 24.1. The Labute approximate surface area is 131 Å². The van der Waals surface area contributed by atoms with Crippen LogP contribution in [0.25, 0.3) is 0 Å². The first-order valence-corrected chi connectivity index (χ1v) is 7.54. The molecule has 1 aromatic carbocycles. The average molecular weight is 302 g/mol. The van der Waals surface area contributed by atoms with Crippen molar-refractivity contribution in [2.75, 3.05) is 0 Å². The Kier molecular flexibility index (Phi) is 7.69. The fraction of sp³-hybridized carbons (Fsp3) is 0.471. The molecular formula is C17H22N2O3. The fourth-order valence-electron chi connectivity index (χ4n) is 2.11. The summed E-state index contributed by atoms with van der Waals surface area (Å²) in [5.74, 6) is -0.977. The predicted octanol–water partition coefficient (Wildman–Crippen LogP) is 2.88. The van der Waals surface area contributed by atoms with Crippen molar-refractivity contribution in [1.82, 2.24) is 5.32 Å². The second-order valence-corrected chi connectivity index (χ2v) is 5.00. The van der Waals surface area contributed by atoms with Gasteiger partial charge in [0, 0.05) is 0 Å². The Bertz CT molecular complexity index is 522. The van der Waals surface area contributed by atoms with Crippen LogP contribution >= 0.6 is 0 Å². The first kappa shape index (κ1) is 17.7. The minimum absolute atomic E-state index is 0.156. The second kappa shape index (κ2) is 9.56. The van der Waals surface area contributed by atoms with Crippen LogP contribution in [-0.4, -0.2) is 18.0 Å². The maximum Gasteiger partial charge on any atom is 0.333 e. The smallest absolute Gasteiger partial charge is 0.333 e. The molecule has 5 nitrogen and oxygen atoms in total. The molecule has 1 amide bonds. The molecular weight excluding hydrogens is 280 g/mol.